The lowest BCUT2D eigenvalue weighted by Gasteiger charge is -2.30. The first kappa shape index (κ1) is 23.4. The van der Waals surface area contributed by atoms with Crippen LogP contribution in [-0.4, -0.2) is 38.5 Å². The molecule has 1 aliphatic heterocycles. The number of hydrogen-bond acceptors (Lipinski definition) is 6. The molecule has 3 aromatic rings. The number of carbonyl (C=O) groups excluding carboxylic acids is 1. The highest BCUT2D eigenvalue weighted by molar-refractivity contribution is 7.14. The number of esters is 1. The van der Waals surface area contributed by atoms with E-state index >= 15 is 0 Å². The number of thiazole rings is 1. The lowest BCUT2D eigenvalue weighted by atomic mass is 9.93. The molecule has 0 bridgehead atoms. The molecule has 172 valence electrons. The third-order valence-corrected chi connectivity index (χ3v) is 7.07. The Balaban J connectivity index is 1.47. The first-order valence-corrected chi connectivity index (χ1v) is 12.5. The summed E-state index contributed by atoms with van der Waals surface area (Å²) in [5, 5.41) is 3.10. The maximum Gasteiger partial charge on any atom is 0.309 e. The summed E-state index contributed by atoms with van der Waals surface area (Å²) in [5.41, 5.74) is 6.81. The number of piperidine rings is 1. The molecule has 2 heterocycles. The second-order valence-electron chi connectivity index (χ2n) is 8.75. The Morgan fingerprint density at radius 2 is 1.97 bits per heavy atom. The van der Waals surface area contributed by atoms with Crippen molar-refractivity contribution in [1.29, 1.82) is 0 Å². The molecule has 1 aliphatic rings. The fourth-order valence-electron chi connectivity index (χ4n) is 4.23. The quantitative estimate of drug-likeness (QED) is 0.392. The zero-order chi connectivity index (χ0) is 23.4. The molecule has 7 heteroatoms. The zero-order valence-electron chi connectivity index (χ0n) is 19.9. The monoisotopic (exact) mass is 462 g/mol. The minimum Gasteiger partial charge on any atom is -0.488 e. The van der Waals surface area contributed by atoms with E-state index in [1.807, 2.05) is 13.0 Å². The molecule has 0 radical (unpaired) electrons. The first-order valence-electron chi connectivity index (χ1n) is 11.6. The highest BCUT2D eigenvalue weighted by Crippen LogP contribution is 2.36. The molecule has 1 saturated heterocycles. The molecule has 0 aliphatic carbocycles. The van der Waals surface area contributed by atoms with Crippen LogP contribution in [0.4, 0.5) is 5.13 Å². The van der Waals surface area contributed by atoms with Crippen LogP contribution >= 0.6 is 11.3 Å². The standard InChI is InChI=1S/C26H31BN2O3S/c1-4-31-25(30)19-9-11-29(12-10-19)26-28-23(16-33-26)22-13-17(2)5-8-24(22)32-15-20-6-7-21(27)14-18(20)3/h5-8,13-14,16,19H,4,9-12,15,27H2,1-3H3. The molecule has 0 saturated carbocycles. The summed E-state index contributed by atoms with van der Waals surface area (Å²) in [6.07, 6.45) is 1.62. The Hall–Kier alpha value is -2.80. The van der Waals surface area contributed by atoms with Gasteiger partial charge in [-0.1, -0.05) is 35.3 Å². The van der Waals surface area contributed by atoms with Gasteiger partial charge >= 0.3 is 5.97 Å². The van der Waals surface area contributed by atoms with Crippen LogP contribution in [0, 0.1) is 19.8 Å². The number of ether oxygens (including phenoxy) is 2. The molecule has 0 unspecified atom stereocenters. The van der Waals surface area contributed by atoms with E-state index in [-0.39, 0.29) is 11.9 Å². The van der Waals surface area contributed by atoms with Gasteiger partial charge in [-0.3, -0.25) is 4.79 Å². The van der Waals surface area contributed by atoms with Crippen LogP contribution in [0.15, 0.2) is 41.8 Å². The van der Waals surface area contributed by atoms with Gasteiger partial charge in [-0.15, -0.1) is 11.3 Å². The normalized spacial score (nSPS) is 14.3. The summed E-state index contributed by atoms with van der Waals surface area (Å²) in [6.45, 7) is 8.68. The van der Waals surface area contributed by atoms with Crippen molar-refractivity contribution in [3.8, 4) is 17.0 Å². The van der Waals surface area contributed by atoms with Crippen LogP contribution in [0.3, 0.4) is 0 Å². The SMILES string of the molecule is Bc1ccc(COc2ccc(C)cc2-c2csc(N3CCC(C(=O)OCC)CC3)n2)c(C)c1. The first-order chi connectivity index (χ1) is 15.9. The largest absolute Gasteiger partial charge is 0.488 e. The summed E-state index contributed by atoms with van der Waals surface area (Å²) in [4.78, 5) is 19.3. The molecule has 1 aromatic heterocycles. The molecule has 0 spiro atoms. The minimum absolute atomic E-state index is 0.00244. The smallest absolute Gasteiger partial charge is 0.309 e. The molecule has 2 aromatic carbocycles. The number of rotatable bonds is 7. The van der Waals surface area contributed by atoms with Crippen molar-refractivity contribution < 1.29 is 14.3 Å². The fourth-order valence-corrected chi connectivity index (χ4v) is 5.11. The zero-order valence-corrected chi connectivity index (χ0v) is 20.7. The number of aryl methyl sites for hydroxylation is 2. The van der Waals surface area contributed by atoms with Crippen LogP contribution in [-0.2, 0) is 16.1 Å². The second-order valence-corrected chi connectivity index (χ2v) is 9.58. The molecule has 0 N–H and O–H groups in total. The molecular weight excluding hydrogens is 431 g/mol. The maximum absolute atomic E-state index is 12.0. The van der Waals surface area contributed by atoms with Gasteiger partial charge in [0.1, 0.15) is 20.2 Å². The number of benzene rings is 2. The van der Waals surface area contributed by atoms with Gasteiger partial charge in [-0.25, -0.2) is 4.98 Å². The van der Waals surface area contributed by atoms with Crippen molar-refractivity contribution in [2.75, 3.05) is 24.6 Å². The van der Waals surface area contributed by atoms with E-state index in [0.29, 0.717) is 13.2 Å². The Bertz CT molecular complexity index is 1120. The Labute approximate surface area is 201 Å². The van der Waals surface area contributed by atoms with Gasteiger partial charge in [0.2, 0.25) is 0 Å². The summed E-state index contributed by atoms with van der Waals surface area (Å²) in [7, 11) is 2.11. The van der Waals surface area contributed by atoms with E-state index in [9.17, 15) is 4.79 Å². The van der Waals surface area contributed by atoms with Gasteiger partial charge in [0.05, 0.1) is 18.2 Å². The van der Waals surface area contributed by atoms with Crippen molar-refractivity contribution in [2.45, 2.75) is 40.2 Å². The number of carbonyl (C=O) groups is 1. The van der Waals surface area contributed by atoms with Crippen LogP contribution in [0.5, 0.6) is 5.75 Å². The third-order valence-electron chi connectivity index (χ3n) is 6.17. The van der Waals surface area contributed by atoms with E-state index < -0.39 is 0 Å². The molecule has 4 rings (SSSR count). The molecule has 0 amide bonds. The van der Waals surface area contributed by atoms with Gasteiger partial charge in [-0.2, -0.15) is 0 Å². The summed E-state index contributed by atoms with van der Waals surface area (Å²) in [6, 6.07) is 12.7. The van der Waals surface area contributed by atoms with Crippen molar-refractivity contribution in [1.82, 2.24) is 4.98 Å². The average molecular weight is 462 g/mol. The minimum atomic E-state index is -0.0673. The van der Waals surface area contributed by atoms with E-state index in [1.165, 1.54) is 22.2 Å². The molecule has 0 atom stereocenters. The summed E-state index contributed by atoms with van der Waals surface area (Å²) < 4.78 is 11.5. The summed E-state index contributed by atoms with van der Waals surface area (Å²) in [5.74, 6) is 0.781. The highest BCUT2D eigenvalue weighted by atomic mass is 32.1. The van der Waals surface area contributed by atoms with Crippen LogP contribution in [0.2, 0.25) is 0 Å². The third kappa shape index (κ3) is 5.59. The van der Waals surface area contributed by atoms with Crippen molar-refractivity contribution in [3.63, 3.8) is 0 Å². The van der Waals surface area contributed by atoms with Crippen molar-refractivity contribution in [2.24, 2.45) is 5.92 Å². The van der Waals surface area contributed by atoms with Gasteiger partial charge < -0.3 is 14.4 Å². The van der Waals surface area contributed by atoms with E-state index in [1.54, 1.807) is 11.3 Å². The van der Waals surface area contributed by atoms with E-state index in [0.717, 1.165) is 48.1 Å². The van der Waals surface area contributed by atoms with Crippen molar-refractivity contribution in [3.05, 3.63) is 58.5 Å². The lowest BCUT2D eigenvalue weighted by Crippen LogP contribution is -2.36. The van der Waals surface area contributed by atoms with Crippen LogP contribution in [0.1, 0.15) is 36.5 Å². The molecule has 33 heavy (non-hydrogen) atoms. The molecule has 5 nitrogen and oxygen atoms in total. The van der Waals surface area contributed by atoms with Gasteiger partial charge in [0.25, 0.3) is 0 Å². The van der Waals surface area contributed by atoms with Crippen LogP contribution in [0.25, 0.3) is 11.3 Å². The number of anilines is 1. The van der Waals surface area contributed by atoms with E-state index in [4.69, 9.17) is 14.5 Å². The van der Waals surface area contributed by atoms with Crippen molar-refractivity contribution >= 4 is 35.7 Å². The lowest BCUT2D eigenvalue weighted by molar-refractivity contribution is -0.148. The maximum atomic E-state index is 12.0. The fraction of sp³-hybridized carbons (Fsp3) is 0.385. The Morgan fingerprint density at radius 1 is 1.18 bits per heavy atom. The molecular formula is C26H31BN2O3S. The predicted octanol–water partition coefficient (Wildman–Crippen LogP) is 4.04. The summed E-state index contributed by atoms with van der Waals surface area (Å²) >= 11 is 1.65. The van der Waals surface area contributed by atoms with Gasteiger partial charge in [0, 0.05) is 24.0 Å². The topological polar surface area (TPSA) is 51.7 Å². The van der Waals surface area contributed by atoms with Gasteiger partial charge in [-0.05, 0) is 56.9 Å². The average Bonchev–Trinajstić information content (AvgIpc) is 3.29. The number of hydrogen-bond donors (Lipinski definition) is 0. The van der Waals surface area contributed by atoms with E-state index in [2.05, 4.69) is 62.3 Å². The highest BCUT2D eigenvalue weighted by Gasteiger charge is 2.27. The number of aromatic nitrogens is 1. The number of nitrogens with zero attached hydrogens (tertiary/aromatic N) is 2. The Morgan fingerprint density at radius 3 is 2.70 bits per heavy atom. The predicted molar refractivity (Wildman–Crippen MR) is 138 cm³/mol. The molecule has 1 fully saturated rings. The Kier molecular flexibility index (Phi) is 7.38. The van der Waals surface area contributed by atoms with Crippen LogP contribution < -0.4 is 15.1 Å². The second kappa shape index (κ2) is 10.4. The van der Waals surface area contributed by atoms with Gasteiger partial charge in [0.15, 0.2) is 5.13 Å².